The van der Waals surface area contributed by atoms with E-state index in [0.29, 0.717) is 6.54 Å². The topological polar surface area (TPSA) is 58.4 Å². The van der Waals surface area contributed by atoms with Crippen molar-refractivity contribution < 1.29 is 4.79 Å². The van der Waals surface area contributed by atoms with Crippen molar-refractivity contribution in [1.29, 1.82) is 0 Å². The Labute approximate surface area is 122 Å². The molecule has 0 radical (unpaired) electrons. The van der Waals surface area contributed by atoms with Crippen LogP contribution in [0.1, 0.15) is 31.9 Å². The van der Waals surface area contributed by atoms with E-state index in [1.54, 1.807) is 0 Å². The third kappa shape index (κ3) is 4.62. The standard InChI is InChI=1S/C16H27N3O/c1-5-12(2)15(17)16(20)18-11-14(19(3)4)13-9-7-6-8-10-13/h6-10,12,14-15H,5,11,17H2,1-4H3,(H,18,20). The molecule has 3 N–H and O–H groups in total. The van der Waals surface area contributed by atoms with Gasteiger partial charge in [-0.3, -0.25) is 4.79 Å². The minimum atomic E-state index is -0.432. The van der Waals surface area contributed by atoms with Gasteiger partial charge in [-0.05, 0) is 25.6 Å². The van der Waals surface area contributed by atoms with Crippen LogP contribution in [0.3, 0.4) is 0 Å². The van der Waals surface area contributed by atoms with E-state index < -0.39 is 6.04 Å². The van der Waals surface area contributed by atoms with Crippen molar-refractivity contribution in [2.45, 2.75) is 32.4 Å². The normalized spacial score (nSPS) is 15.7. The summed E-state index contributed by atoms with van der Waals surface area (Å²) in [5, 5.41) is 2.97. The first-order valence-corrected chi connectivity index (χ1v) is 7.22. The van der Waals surface area contributed by atoms with Gasteiger partial charge in [0, 0.05) is 6.54 Å². The summed E-state index contributed by atoms with van der Waals surface area (Å²) >= 11 is 0. The molecule has 0 aromatic heterocycles. The number of nitrogens with two attached hydrogens (primary N) is 1. The van der Waals surface area contributed by atoms with Gasteiger partial charge in [0.05, 0.1) is 12.1 Å². The highest BCUT2D eigenvalue weighted by Crippen LogP contribution is 2.16. The van der Waals surface area contributed by atoms with Crippen LogP contribution in [0.4, 0.5) is 0 Å². The summed E-state index contributed by atoms with van der Waals surface area (Å²) in [4.78, 5) is 14.1. The number of rotatable bonds is 7. The first kappa shape index (κ1) is 16.7. The highest BCUT2D eigenvalue weighted by molar-refractivity contribution is 5.81. The second-order valence-corrected chi connectivity index (χ2v) is 5.55. The zero-order chi connectivity index (χ0) is 15.1. The Balaban J connectivity index is 2.63. The molecule has 112 valence electrons. The number of nitrogens with zero attached hydrogens (tertiary/aromatic N) is 1. The number of hydrogen-bond donors (Lipinski definition) is 2. The smallest absolute Gasteiger partial charge is 0.237 e. The molecule has 20 heavy (non-hydrogen) atoms. The maximum Gasteiger partial charge on any atom is 0.237 e. The van der Waals surface area contributed by atoms with Gasteiger partial charge in [0.15, 0.2) is 0 Å². The summed E-state index contributed by atoms with van der Waals surface area (Å²) in [7, 11) is 4.02. The Kier molecular flexibility index (Phi) is 6.68. The van der Waals surface area contributed by atoms with E-state index in [1.165, 1.54) is 5.56 Å². The van der Waals surface area contributed by atoms with Crippen LogP contribution in [0.15, 0.2) is 30.3 Å². The summed E-state index contributed by atoms with van der Waals surface area (Å²) in [5.41, 5.74) is 7.14. The van der Waals surface area contributed by atoms with Crippen molar-refractivity contribution in [1.82, 2.24) is 10.2 Å². The van der Waals surface area contributed by atoms with E-state index in [-0.39, 0.29) is 17.9 Å². The predicted octanol–water partition coefficient (Wildman–Crippen LogP) is 1.78. The monoisotopic (exact) mass is 277 g/mol. The lowest BCUT2D eigenvalue weighted by Crippen LogP contribution is -2.46. The summed E-state index contributed by atoms with van der Waals surface area (Å²) in [6.07, 6.45) is 0.907. The van der Waals surface area contributed by atoms with Crippen LogP contribution in [-0.4, -0.2) is 37.5 Å². The molecule has 0 aliphatic heterocycles. The van der Waals surface area contributed by atoms with Gasteiger partial charge >= 0.3 is 0 Å². The van der Waals surface area contributed by atoms with Gasteiger partial charge in [-0.1, -0.05) is 50.6 Å². The fourth-order valence-electron chi connectivity index (χ4n) is 2.10. The largest absolute Gasteiger partial charge is 0.353 e. The van der Waals surface area contributed by atoms with Gasteiger partial charge in [0.2, 0.25) is 5.91 Å². The van der Waals surface area contributed by atoms with E-state index in [1.807, 2.05) is 46.1 Å². The molecule has 3 unspecified atom stereocenters. The third-order valence-corrected chi connectivity index (χ3v) is 3.84. The first-order chi connectivity index (χ1) is 9.47. The molecule has 0 aliphatic carbocycles. The highest BCUT2D eigenvalue weighted by atomic mass is 16.2. The average molecular weight is 277 g/mol. The SMILES string of the molecule is CCC(C)C(N)C(=O)NCC(c1ccccc1)N(C)C. The number of benzene rings is 1. The number of hydrogen-bond acceptors (Lipinski definition) is 3. The van der Waals surface area contributed by atoms with Crippen LogP contribution < -0.4 is 11.1 Å². The zero-order valence-corrected chi connectivity index (χ0v) is 13.0. The van der Waals surface area contributed by atoms with Crippen molar-refractivity contribution in [3.8, 4) is 0 Å². The number of carbonyl (C=O) groups is 1. The van der Waals surface area contributed by atoms with Crippen LogP contribution in [0.5, 0.6) is 0 Å². The molecule has 0 heterocycles. The molecule has 0 aliphatic rings. The maximum absolute atomic E-state index is 12.0. The molecule has 0 spiro atoms. The summed E-state index contributed by atoms with van der Waals surface area (Å²) in [6, 6.07) is 9.89. The van der Waals surface area contributed by atoms with Crippen molar-refractivity contribution >= 4 is 5.91 Å². The Bertz CT molecular complexity index is 405. The summed E-state index contributed by atoms with van der Waals surface area (Å²) in [6.45, 7) is 4.62. The van der Waals surface area contributed by atoms with E-state index >= 15 is 0 Å². The fourth-order valence-corrected chi connectivity index (χ4v) is 2.10. The van der Waals surface area contributed by atoms with Gasteiger partial charge in [-0.15, -0.1) is 0 Å². The van der Waals surface area contributed by atoms with Crippen LogP contribution in [0.25, 0.3) is 0 Å². The molecule has 1 aromatic carbocycles. The molecule has 1 amide bonds. The summed E-state index contributed by atoms with van der Waals surface area (Å²) in [5.74, 6) is 0.131. The molecule has 1 aromatic rings. The highest BCUT2D eigenvalue weighted by Gasteiger charge is 2.21. The van der Waals surface area contributed by atoms with E-state index in [4.69, 9.17) is 5.73 Å². The molecule has 1 rings (SSSR count). The first-order valence-electron chi connectivity index (χ1n) is 7.22. The molecule has 4 heteroatoms. The van der Waals surface area contributed by atoms with Crippen LogP contribution in [-0.2, 0) is 4.79 Å². The van der Waals surface area contributed by atoms with Crippen LogP contribution >= 0.6 is 0 Å². The van der Waals surface area contributed by atoms with E-state index in [9.17, 15) is 4.79 Å². The van der Waals surface area contributed by atoms with Gasteiger partial charge in [-0.2, -0.15) is 0 Å². The Morgan fingerprint density at radius 1 is 1.30 bits per heavy atom. The molecule has 0 saturated carbocycles. The number of amides is 1. The Morgan fingerprint density at radius 2 is 1.90 bits per heavy atom. The van der Waals surface area contributed by atoms with Crippen molar-refractivity contribution in [2.75, 3.05) is 20.6 Å². The van der Waals surface area contributed by atoms with Gasteiger partial charge < -0.3 is 16.0 Å². The zero-order valence-electron chi connectivity index (χ0n) is 13.0. The maximum atomic E-state index is 12.0. The number of carbonyl (C=O) groups excluding carboxylic acids is 1. The molecule has 0 bridgehead atoms. The van der Waals surface area contributed by atoms with Gasteiger partial charge in [0.1, 0.15) is 0 Å². The van der Waals surface area contributed by atoms with Crippen molar-refractivity contribution in [3.05, 3.63) is 35.9 Å². The van der Waals surface area contributed by atoms with Gasteiger partial charge in [-0.25, -0.2) is 0 Å². The lowest BCUT2D eigenvalue weighted by Gasteiger charge is -2.26. The number of nitrogens with one attached hydrogen (secondary N) is 1. The fraction of sp³-hybridized carbons (Fsp3) is 0.562. The predicted molar refractivity (Wildman–Crippen MR) is 83.3 cm³/mol. The van der Waals surface area contributed by atoms with E-state index in [0.717, 1.165) is 6.42 Å². The number of likely N-dealkylation sites (N-methyl/N-ethyl adjacent to an activating group) is 1. The molecule has 3 atom stereocenters. The molecular weight excluding hydrogens is 250 g/mol. The molecular formula is C16H27N3O. The minimum Gasteiger partial charge on any atom is -0.353 e. The Hall–Kier alpha value is -1.39. The minimum absolute atomic E-state index is 0.0675. The van der Waals surface area contributed by atoms with Gasteiger partial charge in [0.25, 0.3) is 0 Å². The molecule has 0 saturated heterocycles. The average Bonchev–Trinajstić information content (AvgIpc) is 2.46. The second kappa shape index (κ2) is 8.02. The van der Waals surface area contributed by atoms with E-state index in [2.05, 4.69) is 22.3 Å². The molecule has 4 nitrogen and oxygen atoms in total. The van der Waals surface area contributed by atoms with Crippen molar-refractivity contribution in [2.24, 2.45) is 11.7 Å². The molecule has 0 fully saturated rings. The second-order valence-electron chi connectivity index (χ2n) is 5.55. The lowest BCUT2D eigenvalue weighted by molar-refractivity contribution is -0.123. The quantitative estimate of drug-likeness (QED) is 0.798. The van der Waals surface area contributed by atoms with Crippen molar-refractivity contribution in [3.63, 3.8) is 0 Å². The lowest BCUT2D eigenvalue weighted by atomic mass is 9.99. The van der Waals surface area contributed by atoms with Crippen LogP contribution in [0.2, 0.25) is 0 Å². The third-order valence-electron chi connectivity index (χ3n) is 3.84. The van der Waals surface area contributed by atoms with Crippen LogP contribution in [0, 0.1) is 5.92 Å². The Morgan fingerprint density at radius 3 is 2.40 bits per heavy atom. The summed E-state index contributed by atoms with van der Waals surface area (Å²) < 4.78 is 0.